The molecule has 1 fully saturated rings. The second-order valence-electron chi connectivity index (χ2n) is 5.41. The van der Waals surface area contributed by atoms with E-state index in [1.807, 2.05) is 12.2 Å². The number of aliphatic hydroxyl groups is 2. The number of allylic oxidation sites excluding steroid dienone is 6. The first-order valence-corrected chi connectivity index (χ1v) is 7.89. The summed E-state index contributed by atoms with van der Waals surface area (Å²) in [6.45, 7) is 1.71. The number of carbonyl (C=O) groups is 2. The van der Waals surface area contributed by atoms with Gasteiger partial charge in [-0.2, -0.15) is 0 Å². The van der Waals surface area contributed by atoms with Crippen LogP contribution in [0.3, 0.4) is 0 Å². The summed E-state index contributed by atoms with van der Waals surface area (Å²) in [6, 6.07) is -0.908. The maximum Gasteiger partial charge on any atom is 0.261 e. The SMILES string of the molecule is CCCCC/C=C/C=C/C=C/C(O)=C1/C(=O)C(CO)N(C)C1=O. The van der Waals surface area contributed by atoms with E-state index in [4.69, 9.17) is 5.11 Å². The molecule has 0 bridgehead atoms. The number of likely N-dealkylation sites (N-methyl/N-ethyl adjacent to an activating group) is 1. The number of unbranched alkanes of at least 4 members (excludes halogenated alkanes) is 3. The number of aliphatic hydroxyl groups excluding tert-OH is 2. The fourth-order valence-corrected chi connectivity index (χ4v) is 2.25. The Morgan fingerprint density at radius 3 is 2.48 bits per heavy atom. The molecule has 1 aliphatic heterocycles. The quantitative estimate of drug-likeness (QED) is 0.237. The van der Waals surface area contributed by atoms with Gasteiger partial charge in [-0.25, -0.2) is 0 Å². The minimum Gasteiger partial charge on any atom is -0.507 e. The maximum atomic E-state index is 12.0. The molecule has 5 heteroatoms. The fraction of sp³-hybridized carbons (Fsp3) is 0.444. The van der Waals surface area contributed by atoms with Crippen molar-refractivity contribution in [2.24, 2.45) is 0 Å². The molecule has 0 aliphatic carbocycles. The number of ketones is 1. The summed E-state index contributed by atoms with van der Waals surface area (Å²) >= 11 is 0. The third-order valence-corrected chi connectivity index (χ3v) is 3.68. The summed E-state index contributed by atoms with van der Waals surface area (Å²) in [6.07, 6.45) is 15.0. The molecular weight excluding hydrogens is 294 g/mol. The highest BCUT2D eigenvalue weighted by atomic mass is 16.3. The summed E-state index contributed by atoms with van der Waals surface area (Å²) < 4.78 is 0. The van der Waals surface area contributed by atoms with Gasteiger partial charge in [-0.15, -0.1) is 0 Å². The van der Waals surface area contributed by atoms with E-state index in [1.54, 1.807) is 12.2 Å². The van der Waals surface area contributed by atoms with Crippen LogP contribution in [0.1, 0.15) is 32.6 Å². The predicted molar refractivity (Wildman–Crippen MR) is 89.9 cm³/mol. The molecule has 0 radical (unpaired) electrons. The van der Waals surface area contributed by atoms with E-state index < -0.39 is 24.3 Å². The monoisotopic (exact) mass is 319 g/mol. The Hall–Kier alpha value is -2.14. The second kappa shape index (κ2) is 9.79. The summed E-state index contributed by atoms with van der Waals surface area (Å²) in [4.78, 5) is 25.0. The second-order valence-corrected chi connectivity index (χ2v) is 5.41. The van der Waals surface area contributed by atoms with E-state index in [9.17, 15) is 14.7 Å². The van der Waals surface area contributed by atoms with Crippen molar-refractivity contribution >= 4 is 11.7 Å². The number of Topliss-reactive ketones (excluding diaryl/α,β-unsaturated/α-hetero) is 1. The van der Waals surface area contributed by atoms with Gasteiger partial charge in [0.05, 0.1) is 6.61 Å². The lowest BCUT2D eigenvalue weighted by molar-refractivity contribution is -0.126. The minimum atomic E-state index is -0.908. The Labute approximate surface area is 137 Å². The molecule has 0 aromatic heterocycles. The zero-order valence-corrected chi connectivity index (χ0v) is 13.7. The first kappa shape index (κ1) is 18.9. The van der Waals surface area contributed by atoms with Crippen LogP contribution in [0.2, 0.25) is 0 Å². The summed E-state index contributed by atoms with van der Waals surface area (Å²) in [5.41, 5.74) is -0.272. The van der Waals surface area contributed by atoms with E-state index in [-0.39, 0.29) is 11.3 Å². The van der Waals surface area contributed by atoms with Crippen LogP contribution in [0.4, 0.5) is 0 Å². The molecule has 0 aromatic carbocycles. The summed E-state index contributed by atoms with van der Waals surface area (Å²) in [5.74, 6) is -1.50. The molecule has 126 valence electrons. The van der Waals surface area contributed by atoms with E-state index in [1.165, 1.54) is 32.4 Å². The molecule has 1 aliphatic rings. The Morgan fingerprint density at radius 1 is 1.17 bits per heavy atom. The largest absolute Gasteiger partial charge is 0.507 e. The molecule has 2 N–H and O–H groups in total. The standard InChI is InChI=1S/C18H25NO4/c1-3-4-5-6-7-8-9-10-11-12-15(21)16-17(22)14(13-20)19(2)18(16)23/h7-12,14,20-21H,3-6,13H2,1-2H3/b8-7+,10-9+,12-11+,16-15+. The van der Waals surface area contributed by atoms with Gasteiger partial charge in [0.1, 0.15) is 17.4 Å². The third-order valence-electron chi connectivity index (χ3n) is 3.68. The molecule has 0 aromatic rings. The molecule has 1 rings (SSSR count). The van der Waals surface area contributed by atoms with Crippen LogP contribution >= 0.6 is 0 Å². The first-order chi connectivity index (χ1) is 11.0. The third kappa shape index (κ3) is 5.21. The minimum absolute atomic E-state index is 0.272. The van der Waals surface area contributed by atoms with Gasteiger partial charge in [0.15, 0.2) is 5.78 Å². The lowest BCUT2D eigenvalue weighted by atomic mass is 10.1. The van der Waals surface area contributed by atoms with Gasteiger partial charge in [-0.3, -0.25) is 9.59 Å². The van der Waals surface area contributed by atoms with Crippen LogP contribution in [-0.4, -0.2) is 46.5 Å². The maximum absolute atomic E-state index is 12.0. The molecule has 0 spiro atoms. The van der Waals surface area contributed by atoms with Crippen molar-refractivity contribution in [1.82, 2.24) is 4.90 Å². The normalized spacial score (nSPS) is 21.5. The van der Waals surface area contributed by atoms with E-state index >= 15 is 0 Å². The van der Waals surface area contributed by atoms with Crippen molar-refractivity contribution in [2.45, 2.75) is 38.6 Å². The van der Waals surface area contributed by atoms with Crippen LogP contribution in [0.15, 0.2) is 47.8 Å². The van der Waals surface area contributed by atoms with Gasteiger partial charge < -0.3 is 15.1 Å². The zero-order chi connectivity index (χ0) is 17.2. The average Bonchev–Trinajstić information content (AvgIpc) is 2.75. The molecule has 1 amide bonds. The molecule has 1 saturated heterocycles. The Bertz CT molecular complexity index is 543. The van der Waals surface area contributed by atoms with Gasteiger partial charge in [0, 0.05) is 7.05 Å². The van der Waals surface area contributed by atoms with Crippen molar-refractivity contribution < 1.29 is 19.8 Å². The van der Waals surface area contributed by atoms with Crippen LogP contribution in [0.5, 0.6) is 0 Å². The number of amides is 1. The predicted octanol–water partition coefficient (Wildman–Crippen LogP) is 2.45. The molecule has 1 atom stereocenters. The van der Waals surface area contributed by atoms with E-state index in [0.717, 1.165) is 11.3 Å². The van der Waals surface area contributed by atoms with Gasteiger partial charge >= 0.3 is 0 Å². The molecule has 5 nitrogen and oxygen atoms in total. The fourth-order valence-electron chi connectivity index (χ4n) is 2.25. The van der Waals surface area contributed by atoms with Crippen molar-refractivity contribution in [2.75, 3.05) is 13.7 Å². The van der Waals surface area contributed by atoms with Crippen molar-refractivity contribution in [1.29, 1.82) is 0 Å². The van der Waals surface area contributed by atoms with Gasteiger partial charge in [-0.05, 0) is 18.9 Å². The van der Waals surface area contributed by atoms with Gasteiger partial charge in [-0.1, -0.05) is 50.1 Å². The molecule has 1 unspecified atom stereocenters. The number of nitrogens with zero attached hydrogens (tertiary/aromatic N) is 1. The summed E-state index contributed by atoms with van der Waals surface area (Å²) in [7, 11) is 1.42. The van der Waals surface area contributed by atoms with Crippen LogP contribution in [0, 0.1) is 0 Å². The molecule has 0 saturated carbocycles. The van der Waals surface area contributed by atoms with Gasteiger partial charge in [0.25, 0.3) is 5.91 Å². The number of rotatable bonds is 8. The highest BCUT2D eigenvalue weighted by molar-refractivity contribution is 6.27. The highest BCUT2D eigenvalue weighted by Crippen LogP contribution is 2.21. The Kier molecular flexibility index (Phi) is 8.05. The van der Waals surface area contributed by atoms with E-state index in [2.05, 4.69) is 13.0 Å². The van der Waals surface area contributed by atoms with Crippen molar-refractivity contribution in [3.8, 4) is 0 Å². The molecule has 23 heavy (non-hydrogen) atoms. The Balaban J connectivity index is 2.62. The van der Waals surface area contributed by atoms with Crippen molar-refractivity contribution in [3.05, 3.63) is 47.8 Å². The van der Waals surface area contributed by atoms with Crippen LogP contribution in [0.25, 0.3) is 0 Å². The van der Waals surface area contributed by atoms with Crippen molar-refractivity contribution in [3.63, 3.8) is 0 Å². The average molecular weight is 319 g/mol. The van der Waals surface area contributed by atoms with Gasteiger partial charge in [0.2, 0.25) is 0 Å². The highest BCUT2D eigenvalue weighted by Gasteiger charge is 2.42. The first-order valence-electron chi connectivity index (χ1n) is 7.89. The van der Waals surface area contributed by atoms with E-state index in [0.29, 0.717) is 0 Å². The molecule has 1 heterocycles. The summed E-state index contributed by atoms with van der Waals surface area (Å²) in [5, 5.41) is 19.0. The topological polar surface area (TPSA) is 77.8 Å². The number of carbonyl (C=O) groups excluding carboxylic acids is 2. The number of hydrogen-bond acceptors (Lipinski definition) is 4. The van der Waals surface area contributed by atoms with Crippen LogP contribution < -0.4 is 0 Å². The molecular formula is C18H25NO4. The zero-order valence-electron chi connectivity index (χ0n) is 13.7. The lowest BCUT2D eigenvalue weighted by Gasteiger charge is -2.13. The van der Waals surface area contributed by atoms with Crippen LogP contribution in [-0.2, 0) is 9.59 Å². The lowest BCUT2D eigenvalue weighted by Crippen LogP contribution is -2.34. The Morgan fingerprint density at radius 2 is 1.87 bits per heavy atom. The smallest absolute Gasteiger partial charge is 0.261 e. The number of hydrogen-bond donors (Lipinski definition) is 2. The number of likely N-dealkylation sites (tertiary alicyclic amines) is 1.